The topological polar surface area (TPSA) is 20.3 Å². The number of nitrogens with zero attached hydrogens (tertiary/aromatic N) is 1. The van der Waals surface area contributed by atoms with Crippen molar-refractivity contribution in [3.8, 4) is 0 Å². The molecule has 0 N–H and O–H groups in total. The average Bonchev–Trinajstić information content (AvgIpc) is 2.92. The molecule has 1 saturated heterocycles. The molecule has 2 aromatic rings. The second-order valence-corrected chi connectivity index (χ2v) is 7.63. The first-order valence-corrected chi connectivity index (χ1v) is 9.25. The van der Waals surface area contributed by atoms with E-state index in [0.717, 1.165) is 25.3 Å². The largest absolute Gasteiger partial charge is 0.338 e. The Morgan fingerprint density at radius 3 is 2.81 bits per heavy atom. The molecule has 1 atom stereocenters. The quantitative estimate of drug-likeness (QED) is 0.790. The van der Waals surface area contributed by atoms with Gasteiger partial charge < -0.3 is 4.90 Å². The monoisotopic (exact) mass is 337 g/mol. The van der Waals surface area contributed by atoms with Gasteiger partial charge in [0.1, 0.15) is 0 Å². The molecule has 0 saturated carbocycles. The van der Waals surface area contributed by atoms with E-state index in [4.69, 9.17) is 11.6 Å². The van der Waals surface area contributed by atoms with Crippen LogP contribution in [0.5, 0.6) is 0 Å². The predicted octanol–water partition coefficient (Wildman–Crippen LogP) is 4.72. The molecule has 1 fully saturated rings. The fourth-order valence-corrected chi connectivity index (χ4v) is 4.93. The molecule has 1 amide bonds. The number of carbonyl (C=O) groups excluding carboxylic acids is 1. The van der Waals surface area contributed by atoms with Gasteiger partial charge >= 0.3 is 0 Å². The van der Waals surface area contributed by atoms with Crippen molar-refractivity contribution in [2.75, 3.05) is 18.8 Å². The molecule has 21 heavy (non-hydrogen) atoms. The van der Waals surface area contributed by atoms with E-state index in [1.165, 1.54) is 4.88 Å². The van der Waals surface area contributed by atoms with Crippen molar-refractivity contribution in [1.82, 2.24) is 4.90 Å². The van der Waals surface area contributed by atoms with Crippen LogP contribution in [0.15, 0.2) is 41.8 Å². The fourth-order valence-electron chi connectivity index (χ4n) is 2.48. The van der Waals surface area contributed by atoms with E-state index in [1.54, 1.807) is 23.5 Å². The first-order valence-electron chi connectivity index (χ1n) is 6.94. The summed E-state index contributed by atoms with van der Waals surface area (Å²) in [6.07, 6.45) is 1.00. The number of thiophene rings is 1. The maximum Gasteiger partial charge on any atom is 0.255 e. The van der Waals surface area contributed by atoms with Crippen molar-refractivity contribution in [2.45, 2.75) is 11.7 Å². The van der Waals surface area contributed by atoms with Crippen LogP contribution < -0.4 is 0 Å². The number of carbonyl (C=O) groups is 1. The first-order chi connectivity index (χ1) is 10.3. The van der Waals surface area contributed by atoms with E-state index < -0.39 is 0 Å². The van der Waals surface area contributed by atoms with Crippen LogP contribution >= 0.6 is 34.7 Å². The summed E-state index contributed by atoms with van der Waals surface area (Å²) in [5, 5.41) is 3.16. The van der Waals surface area contributed by atoms with Crippen molar-refractivity contribution >= 4 is 40.6 Å². The lowest BCUT2D eigenvalue weighted by atomic mass is 10.2. The average molecular weight is 338 g/mol. The van der Waals surface area contributed by atoms with Crippen LogP contribution in [0.4, 0.5) is 0 Å². The predicted molar refractivity (Wildman–Crippen MR) is 91.5 cm³/mol. The lowest BCUT2D eigenvalue weighted by Gasteiger charge is -2.20. The Morgan fingerprint density at radius 1 is 1.19 bits per heavy atom. The molecule has 1 aromatic carbocycles. The van der Waals surface area contributed by atoms with Crippen molar-refractivity contribution in [1.29, 1.82) is 0 Å². The number of benzene rings is 1. The molecular formula is C16H16ClNOS2. The number of thioether (sulfide) groups is 1. The maximum absolute atomic E-state index is 12.6. The maximum atomic E-state index is 12.6. The van der Waals surface area contributed by atoms with Gasteiger partial charge in [-0.05, 0) is 30.0 Å². The van der Waals surface area contributed by atoms with E-state index in [2.05, 4.69) is 17.5 Å². The van der Waals surface area contributed by atoms with Gasteiger partial charge in [0.05, 0.1) is 10.6 Å². The van der Waals surface area contributed by atoms with Crippen LogP contribution in [-0.4, -0.2) is 29.6 Å². The van der Waals surface area contributed by atoms with E-state index in [0.29, 0.717) is 15.8 Å². The normalized spacial score (nSPS) is 19.3. The summed E-state index contributed by atoms with van der Waals surface area (Å²) in [5.74, 6) is 1.02. The third kappa shape index (κ3) is 3.44. The summed E-state index contributed by atoms with van der Waals surface area (Å²) < 4.78 is 0. The Hall–Kier alpha value is -0.970. The van der Waals surface area contributed by atoms with E-state index in [9.17, 15) is 4.79 Å². The minimum absolute atomic E-state index is 0.0491. The molecule has 3 rings (SSSR count). The second kappa shape index (κ2) is 6.86. The molecule has 0 unspecified atom stereocenters. The number of hydrogen-bond donors (Lipinski definition) is 0. The Labute approximate surface area is 138 Å². The minimum atomic E-state index is 0.0491. The van der Waals surface area contributed by atoms with Gasteiger partial charge in [0.15, 0.2) is 0 Å². The molecule has 1 aliphatic heterocycles. The van der Waals surface area contributed by atoms with Crippen molar-refractivity contribution in [3.63, 3.8) is 0 Å². The van der Waals surface area contributed by atoms with Gasteiger partial charge in [-0.2, -0.15) is 11.8 Å². The Kier molecular flexibility index (Phi) is 4.88. The number of amides is 1. The number of halogens is 1. The minimum Gasteiger partial charge on any atom is -0.338 e. The molecule has 2 heterocycles. The van der Waals surface area contributed by atoms with Gasteiger partial charge in [-0.15, -0.1) is 11.3 Å². The van der Waals surface area contributed by atoms with Gasteiger partial charge in [-0.3, -0.25) is 4.79 Å². The Morgan fingerprint density at radius 2 is 2.05 bits per heavy atom. The van der Waals surface area contributed by atoms with Crippen molar-refractivity contribution in [3.05, 3.63) is 57.2 Å². The lowest BCUT2D eigenvalue weighted by molar-refractivity contribution is 0.0767. The summed E-state index contributed by atoms with van der Waals surface area (Å²) >= 11 is 9.89. The smallest absolute Gasteiger partial charge is 0.255 e. The van der Waals surface area contributed by atoms with E-state index in [1.807, 2.05) is 28.8 Å². The molecule has 2 nitrogen and oxygen atoms in total. The van der Waals surface area contributed by atoms with Gasteiger partial charge in [-0.25, -0.2) is 0 Å². The summed E-state index contributed by atoms with van der Waals surface area (Å²) in [6, 6.07) is 11.6. The molecule has 0 bridgehead atoms. The third-order valence-electron chi connectivity index (χ3n) is 3.59. The van der Waals surface area contributed by atoms with Crippen LogP contribution in [0.3, 0.4) is 0 Å². The fraction of sp³-hybridized carbons (Fsp3) is 0.312. The highest BCUT2D eigenvalue weighted by molar-refractivity contribution is 7.99. The first kappa shape index (κ1) is 14.9. The van der Waals surface area contributed by atoms with Gasteiger partial charge in [0, 0.05) is 29.0 Å². The highest BCUT2D eigenvalue weighted by Gasteiger charge is 2.24. The third-order valence-corrected chi connectivity index (χ3v) is 6.37. The summed E-state index contributed by atoms with van der Waals surface area (Å²) in [5.41, 5.74) is 0.610. The standard InChI is InChI=1S/C16H16ClNOS2/c17-13-5-2-1-4-12(13)16(19)18-8-7-15(21-11-9-18)14-6-3-10-20-14/h1-6,10,15H,7-9,11H2/t15-/m1/s1. The zero-order valence-corrected chi connectivity index (χ0v) is 13.9. The Balaban J connectivity index is 1.70. The zero-order valence-electron chi connectivity index (χ0n) is 11.5. The highest BCUT2D eigenvalue weighted by Crippen LogP contribution is 2.37. The van der Waals surface area contributed by atoms with E-state index >= 15 is 0 Å². The van der Waals surface area contributed by atoms with Crippen LogP contribution in [0.2, 0.25) is 5.02 Å². The molecule has 0 aliphatic carbocycles. The molecule has 0 radical (unpaired) electrons. The van der Waals surface area contributed by atoms with Crippen molar-refractivity contribution < 1.29 is 4.79 Å². The molecule has 0 spiro atoms. The molecule has 5 heteroatoms. The lowest BCUT2D eigenvalue weighted by Crippen LogP contribution is -2.33. The van der Waals surface area contributed by atoms with Crippen molar-refractivity contribution in [2.24, 2.45) is 0 Å². The Bertz CT molecular complexity index is 614. The molecule has 110 valence electrons. The highest BCUT2D eigenvalue weighted by atomic mass is 35.5. The van der Waals surface area contributed by atoms with Crippen LogP contribution in [-0.2, 0) is 0 Å². The van der Waals surface area contributed by atoms with Gasteiger partial charge in [-0.1, -0.05) is 29.8 Å². The summed E-state index contributed by atoms with van der Waals surface area (Å²) in [4.78, 5) is 15.9. The van der Waals surface area contributed by atoms with E-state index in [-0.39, 0.29) is 5.91 Å². The van der Waals surface area contributed by atoms with Crippen LogP contribution in [0, 0.1) is 0 Å². The molecule has 1 aliphatic rings. The van der Waals surface area contributed by atoms with Crippen LogP contribution in [0.25, 0.3) is 0 Å². The van der Waals surface area contributed by atoms with Crippen LogP contribution in [0.1, 0.15) is 26.9 Å². The second-order valence-electron chi connectivity index (χ2n) is 4.94. The molecular weight excluding hydrogens is 322 g/mol. The van der Waals surface area contributed by atoms with Gasteiger partial charge in [0.2, 0.25) is 0 Å². The van der Waals surface area contributed by atoms with Gasteiger partial charge in [0.25, 0.3) is 5.91 Å². The number of hydrogen-bond acceptors (Lipinski definition) is 3. The molecule has 1 aromatic heterocycles. The SMILES string of the molecule is O=C(c1ccccc1Cl)N1CCS[C@@H](c2cccs2)CC1. The zero-order chi connectivity index (χ0) is 14.7. The summed E-state index contributed by atoms with van der Waals surface area (Å²) in [6.45, 7) is 1.58. The number of rotatable bonds is 2. The summed E-state index contributed by atoms with van der Waals surface area (Å²) in [7, 11) is 0.